The van der Waals surface area contributed by atoms with Gasteiger partial charge in [0.05, 0.1) is 13.3 Å². The van der Waals surface area contributed by atoms with Crippen LogP contribution in [0, 0.1) is 5.92 Å². The highest BCUT2D eigenvalue weighted by atomic mass is 16.5. The Morgan fingerprint density at radius 2 is 2.21 bits per heavy atom. The lowest BCUT2D eigenvalue weighted by atomic mass is 9.89. The quantitative estimate of drug-likeness (QED) is 0.667. The summed E-state index contributed by atoms with van der Waals surface area (Å²) in [6.45, 7) is 2.63. The number of nitrogens with zero attached hydrogens (tertiary/aromatic N) is 2. The van der Waals surface area contributed by atoms with Gasteiger partial charge in [-0.05, 0) is 19.8 Å². The van der Waals surface area contributed by atoms with Crippen LogP contribution < -0.4 is 10.5 Å². The van der Waals surface area contributed by atoms with Crippen LogP contribution in [-0.4, -0.2) is 28.7 Å². The average Bonchev–Trinajstić information content (AvgIpc) is 2.72. The first-order chi connectivity index (χ1) is 9.19. The lowest BCUT2D eigenvalue weighted by molar-refractivity contribution is 0.0880. The SMILES string of the molecule is CCn1ncc(OC)c1C(=O)C1CCCCCC1N. The number of hydrogen-bond acceptors (Lipinski definition) is 4. The van der Waals surface area contributed by atoms with Crippen molar-refractivity contribution in [3.8, 4) is 5.75 Å². The summed E-state index contributed by atoms with van der Waals surface area (Å²) >= 11 is 0. The number of ether oxygens (including phenoxy) is 1. The molecule has 2 atom stereocenters. The van der Waals surface area contributed by atoms with E-state index >= 15 is 0 Å². The number of carbonyl (C=O) groups excluding carboxylic acids is 1. The van der Waals surface area contributed by atoms with Crippen molar-refractivity contribution in [1.29, 1.82) is 0 Å². The second kappa shape index (κ2) is 6.19. The topological polar surface area (TPSA) is 70.1 Å². The molecule has 0 amide bonds. The van der Waals surface area contributed by atoms with E-state index in [4.69, 9.17) is 10.5 Å². The van der Waals surface area contributed by atoms with Crippen LogP contribution in [-0.2, 0) is 6.54 Å². The molecular formula is C14H23N3O2. The van der Waals surface area contributed by atoms with Crippen LogP contribution in [0.4, 0.5) is 0 Å². The van der Waals surface area contributed by atoms with E-state index in [0.29, 0.717) is 18.0 Å². The van der Waals surface area contributed by atoms with Crippen LogP contribution in [0.5, 0.6) is 5.75 Å². The summed E-state index contributed by atoms with van der Waals surface area (Å²) in [7, 11) is 1.57. The third-order valence-electron chi connectivity index (χ3n) is 3.96. The van der Waals surface area contributed by atoms with Gasteiger partial charge in [0.15, 0.2) is 11.5 Å². The minimum absolute atomic E-state index is 0.0417. The first kappa shape index (κ1) is 14.1. The van der Waals surface area contributed by atoms with Crippen molar-refractivity contribution in [3.63, 3.8) is 0 Å². The highest BCUT2D eigenvalue weighted by Gasteiger charge is 2.31. The van der Waals surface area contributed by atoms with Crippen LogP contribution in [0.25, 0.3) is 0 Å². The molecule has 1 aliphatic rings. The van der Waals surface area contributed by atoms with Crippen molar-refractivity contribution >= 4 is 5.78 Å². The van der Waals surface area contributed by atoms with E-state index in [-0.39, 0.29) is 17.7 Å². The summed E-state index contributed by atoms with van der Waals surface area (Å²) in [5.41, 5.74) is 6.75. The van der Waals surface area contributed by atoms with Crippen LogP contribution in [0.2, 0.25) is 0 Å². The molecule has 0 spiro atoms. The summed E-state index contributed by atoms with van der Waals surface area (Å²) in [4.78, 5) is 12.8. The largest absolute Gasteiger partial charge is 0.493 e. The molecule has 1 heterocycles. The predicted molar refractivity (Wildman–Crippen MR) is 73.3 cm³/mol. The van der Waals surface area contributed by atoms with E-state index in [1.54, 1.807) is 18.0 Å². The average molecular weight is 265 g/mol. The normalized spacial score (nSPS) is 23.9. The molecule has 106 valence electrons. The van der Waals surface area contributed by atoms with Gasteiger partial charge < -0.3 is 10.5 Å². The molecule has 1 aliphatic carbocycles. The number of aryl methyl sites for hydroxylation is 1. The van der Waals surface area contributed by atoms with E-state index in [1.165, 1.54) is 6.42 Å². The van der Waals surface area contributed by atoms with Crippen LogP contribution in [0.15, 0.2) is 6.20 Å². The molecular weight excluding hydrogens is 242 g/mol. The Labute approximate surface area is 114 Å². The van der Waals surface area contributed by atoms with E-state index in [9.17, 15) is 4.79 Å². The highest BCUT2D eigenvalue weighted by molar-refractivity contribution is 5.99. The van der Waals surface area contributed by atoms with Crippen molar-refractivity contribution < 1.29 is 9.53 Å². The maximum absolute atomic E-state index is 12.8. The number of ketones is 1. The summed E-state index contributed by atoms with van der Waals surface area (Å²) in [5.74, 6) is 0.548. The highest BCUT2D eigenvalue weighted by Crippen LogP contribution is 2.29. The van der Waals surface area contributed by atoms with Crippen molar-refractivity contribution in [3.05, 3.63) is 11.9 Å². The predicted octanol–water partition coefficient (Wildman–Crippen LogP) is 2.00. The number of rotatable bonds is 4. The van der Waals surface area contributed by atoms with E-state index in [2.05, 4.69) is 5.10 Å². The third-order valence-corrected chi connectivity index (χ3v) is 3.96. The van der Waals surface area contributed by atoms with E-state index in [1.807, 2.05) is 6.92 Å². The van der Waals surface area contributed by atoms with Gasteiger partial charge in [-0.1, -0.05) is 19.3 Å². The molecule has 2 rings (SSSR count). The fraction of sp³-hybridized carbons (Fsp3) is 0.714. The molecule has 2 unspecified atom stereocenters. The van der Waals surface area contributed by atoms with Crippen molar-refractivity contribution in [2.75, 3.05) is 7.11 Å². The van der Waals surface area contributed by atoms with Gasteiger partial charge in [0.25, 0.3) is 0 Å². The molecule has 0 aromatic carbocycles. The minimum Gasteiger partial charge on any atom is -0.493 e. The lowest BCUT2D eigenvalue weighted by Crippen LogP contribution is -2.35. The first-order valence-electron chi connectivity index (χ1n) is 7.08. The fourth-order valence-electron chi connectivity index (χ4n) is 2.84. The molecule has 1 aromatic rings. The molecule has 0 bridgehead atoms. The van der Waals surface area contributed by atoms with E-state index < -0.39 is 0 Å². The van der Waals surface area contributed by atoms with Crippen molar-refractivity contribution in [2.45, 2.75) is 51.6 Å². The van der Waals surface area contributed by atoms with Crippen molar-refractivity contribution in [2.24, 2.45) is 11.7 Å². The van der Waals surface area contributed by atoms with Gasteiger partial charge in [-0.15, -0.1) is 0 Å². The summed E-state index contributed by atoms with van der Waals surface area (Å²) in [6, 6.07) is -0.0417. The van der Waals surface area contributed by atoms with Gasteiger partial charge in [0.2, 0.25) is 0 Å². The second-order valence-corrected chi connectivity index (χ2v) is 5.15. The summed E-state index contributed by atoms with van der Waals surface area (Å²) in [6.07, 6.45) is 6.78. The Balaban J connectivity index is 2.29. The molecule has 1 aromatic heterocycles. The zero-order chi connectivity index (χ0) is 13.8. The minimum atomic E-state index is -0.0987. The summed E-state index contributed by atoms with van der Waals surface area (Å²) < 4.78 is 6.97. The lowest BCUT2D eigenvalue weighted by Gasteiger charge is -2.20. The van der Waals surface area contributed by atoms with Gasteiger partial charge in [0, 0.05) is 18.5 Å². The molecule has 0 radical (unpaired) electrons. The van der Waals surface area contributed by atoms with Crippen LogP contribution in [0.1, 0.15) is 49.5 Å². The fourth-order valence-corrected chi connectivity index (χ4v) is 2.84. The summed E-state index contributed by atoms with van der Waals surface area (Å²) in [5, 5.41) is 4.20. The van der Waals surface area contributed by atoms with Gasteiger partial charge in [0.1, 0.15) is 5.69 Å². The molecule has 1 fully saturated rings. The zero-order valence-corrected chi connectivity index (χ0v) is 11.8. The van der Waals surface area contributed by atoms with Crippen LogP contribution in [0.3, 0.4) is 0 Å². The molecule has 2 N–H and O–H groups in total. The number of nitrogens with two attached hydrogens (primary N) is 1. The number of carbonyl (C=O) groups is 1. The Kier molecular flexibility index (Phi) is 4.58. The molecule has 0 aliphatic heterocycles. The number of methoxy groups -OCH3 is 1. The number of Topliss-reactive ketones (excluding diaryl/α,β-unsaturated/α-hetero) is 1. The van der Waals surface area contributed by atoms with Gasteiger partial charge in [-0.3, -0.25) is 9.48 Å². The Hall–Kier alpha value is -1.36. The standard InChI is InChI=1S/C14H23N3O2/c1-3-17-13(12(19-2)9-16-17)14(18)10-7-5-4-6-8-11(10)15/h9-11H,3-8,15H2,1-2H3. The second-order valence-electron chi connectivity index (χ2n) is 5.15. The number of hydrogen-bond donors (Lipinski definition) is 1. The maximum Gasteiger partial charge on any atom is 0.189 e. The van der Waals surface area contributed by atoms with Gasteiger partial charge >= 0.3 is 0 Å². The third kappa shape index (κ3) is 2.81. The van der Waals surface area contributed by atoms with Gasteiger partial charge in [-0.2, -0.15) is 5.10 Å². The smallest absolute Gasteiger partial charge is 0.189 e. The zero-order valence-electron chi connectivity index (χ0n) is 11.8. The monoisotopic (exact) mass is 265 g/mol. The van der Waals surface area contributed by atoms with Gasteiger partial charge in [-0.25, -0.2) is 0 Å². The molecule has 19 heavy (non-hydrogen) atoms. The first-order valence-corrected chi connectivity index (χ1v) is 7.08. The molecule has 1 saturated carbocycles. The molecule has 0 saturated heterocycles. The Morgan fingerprint density at radius 1 is 1.47 bits per heavy atom. The number of aromatic nitrogens is 2. The molecule has 5 nitrogen and oxygen atoms in total. The Bertz CT molecular complexity index is 420. The van der Waals surface area contributed by atoms with E-state index in [0.717, 1.165) is 25.7 Å². The maximum atomic E-state index is 12.8. The Morgan fingerprint density at radius 3 is 2.89 bits per heavy atom. The molecule has 5 heteroatoms. The van der Waals surface area contributed by atoms with Crippen molar-refractivity contribution in [1.82, 2.24) is 9.78 Å². The van der Waals surface area contributed by atoms with Crippen LogP contribution >= 0.6 is 0 Å².